The minimum absolute atomic E-state index is 0.934. The molecule has 0 fully saturated rings. The first kappa shape index (κ1) is 11.9. The van der Waals surface area contributed by atoms with Gasteiger partial charge in [0.2, 0.25) is 0 Å². The number of rotatable bonds is 0. The molecule has 2 nitrogen and oxygen atoms in total. The van der Waals surface area contributed by atoms with E-state index < -0.39 is 0 Å². The number of hydrogen-bond acceptors (Lipinski definition) is 1. The third-order valence-electron chi connectivity index (χ3n) is 4.67. The SMILES string of the molecule is Cn1c2ccccc2c2cc3c(cc21)Cc1ccccc1O3. The molecule has 22 heavy (non-hydrogen) atoms. The van der Waals surface area contributed by atoms with Crippen molar-refractivity contribution < 1.29 is 4.74 Å². The van der Waals surface area contributed by atoms with Crippen molar-refractivity contribution in [2.75, 3.05) is 0 Å². The fraction of sp³-hybridized carbons (Fsp3) is 0.100. The van der Waals surface area contributed by atoms with Crippen LogP contribution in [0, 0.1) is 0 Å². The molecule has 1 aromatic heterocycles. The topological polar surface area (TPSA) is 14.2 Å². The standard InChI is InChI=1S/C20H15NO/c1-21-17-8-4-3-7-15(17)16-12-20-14(11-18(16)21)10-13-6-2-5-9-19(13)22-20/h2-9,11-12H,10H2,1H3. The van der Waals surface area contributed by atoms with E-state index in [9.17, 15) is 0 Å². The molecule has 0 aliphatic carbocycles. The molecule has 0 spiro atoms. The lowest BCUT2D eigenvalue weighted by Gasteiger charge is -2.20. The van der Waals surface area contributed by atoms with Gasteiger partial charge in [-0.25, -0.2) is 0 Å². The Morgan fingerprint density at radius 2 is 1.59 bits per heavy atom. The van der Waals surface area contributed by atoms with Crippen LogP contribution in [0.4, 0.5) is 0 Å². The number of hydrogen-bond donors (Lipinski definition) is 0. The van der Waals surface area contributed by atoms with E-state index in [-0.39, 0.29) is 0 Å². The average Bonchev–Trinajstić information content (AvgIpc) is 2.84. The van der Waals surface area contributed by atoms with Gasteiger partial charge in [-0.1, -0.05) is 36.4 Å². The second-order valence-corrected chi connectivity index (χ2v) is 5.94. The fourth-order valence-electron chi connectivity index (χ4n) is 3.53. The maximum atomic E-state index is 6.13. The third-order valence-corrected chi connectivity index (χ3v) is 4.67. The largest absolute Gasteiger partial charge is 0.457 e. The molecule has 1 aliphatic rings. The van der Waals surface area contributed by atoms with E-state index in [2.05, 4.69) is 60.1 Å². The van der Waals surface area contributed by atoms with Crippen LogP contribution in [0.5, 0.6) is 11.5 Å². The number of benzene rings is 3. The summed E-state index contributed by atoms with van der Waals surface area (Å²) in [6.45, 7) is 0. The van der Waals surface area contributed by atoms with Crippen molar-refractivity contribution in [3.8, 4) is 11.5 Å². The molecule has 4 aromatic rings. The van der Waals surface area contributed by atoms with Crippen LogP contribution in [0.1, 0.15) is 11.1 Å². The Hall–Kier alpha value is -2.74. The molecule has 2 heteroatoms. The highest BCUT2D eigenvalue weighted by Gasteiger charge is 2.19. The van der Waals surface area contributed by atoms with Crippen molar-refractivity contribution in [3.63, 3.8) is 0 Å². The maximum Gasteiger partial charge on any atom is 0.131 e. The summed E-state index contributed by atoms with van der Waals surface area (Å²) in [5, 5.41) is 2.54. The number of nitrogens with zero attached hydrogens (tertiary/aromatic N) is 1. The zero-order valence-corrected chi connectivity index (χ0v) is 12.3. The molecule has 106 valence electrons. The number of para-hydroxylation sites is 2. The van der Waals surface area contributed by atoms with Gasteiger partial charge >= 0.3 is 0 Å². The van der Waals surface area contributed by atoms with Gasteiger partial charge in [0.05, 0.1) is 0 Å². The highest BCUT2D eigenvalue weighted by atomic mass is 16.5. The van der Waals surface area contributed by atoms with E-state index in [1.807, 2.05) is 12.1 Å². The number of fused-ring (bicyclic) bond motifs is 5. The summed E-state index contributed by atoms with van der Waals surface area (Å²) < 4.78 is 8.40. The predicted molar refractivity (Wildman–Crippen MR) is 89.7 cm³/mol. The Morgan fingerprint density at radius 3 is 2.55 bits per heavy atom. The number of ether oxygens (including phenoxy) is 1. The Labute approximate surface area is 128 Å². The van der Waals surface area contributed by atoms with Crippen LogP contribution in [0.3, 0.4) is 0 Å². The first-order chi connectivity index (χ1) is 10.8. The lowest BCUT2D eigenvalue weighted by Crippen LogP contribution is -2.03. The van der Waals surface area contributed by atoms with Gasteiger partial charge in [0, 0.05) is 40.8 Å². The van der Waals surface area contributed by atoms with Gasteiger partial charge in [-0.2, -0.15) is 0 Å². The second-order valence-electron chi connectivity index (χ2n) is 5.94. The van der Waals surface area contributed by atoms with Crippen molar-refractivity contribution in [2.45, 2.75) is 6.42 Å². The van der Waals surface area contributed by atoms with E-state index in [0.717, 1.165) is 17.9 Å². The van der Waals surface area contributed by atoms with Gasteiger partial charge in [0.15, 0.2) is 0 Å². The minimum atomic E-state index is 0.934. The summed E-state index contributed by atoms with van der Waals surface area (Å²) in [4.78, 5) is 0. The van der Waals surface area contributed by atoms with Crippen LogP contribution in [0.25, 0.3) is 21.8 Å². The van der Waals surface area contributed by atoms with E-state index in [0.29, 0.717) is 0 Å². The molecular formula is C20H15NO. The van der Waals surface area contributed by atoms with E-state index in [1.165, 1.54) is 32.9 Å². The normalized spacial score (nSPS) is 13.0. The summed E-state index contributed by atoms with van der Waals surface area (Å²) in [5.41, 5.74) is 5.05. The lowest BCUT2D eigenvalue weighted by molar-refractivity contribution is 0.461. The summed E-state index contributed by atoms with van der Waals surface area (Å²) in [6.07, 6.45) is 0.934. The molecule has 0 radical (unpaired) electrons. The van der Waals surface area contributed by atoms with E-state index >= 15 is 0 Å². The average molecular weight is 285 g/mol. The summed E-state index contributed by atoms with van der Waals surface area (Å²) in [5.74, 6) is 1.97. The Morgan fingerprint density at radius 1 is 0.773 bits per heavy atom. The molecule has 5 rings (SSSR count). The first-order valence-electron chi connectivity index (χ1n) is 7.57. The highest BCUT2D eigenvalue weighted by molar-refractivity contribution is 6.08. The van der Waals surface area contributed by atoms with Crippen LogP contribution in [-0.2, 0) is 13.5 Å². The monoisotopic (exact) mass is 285 g/mol. The molecule has 0 saturated carbocycles. The van der Waals surface area contributed by atoms with Crippen LogP contribution < -0.4 is 4.74 Å². The lowest BCUT2D eigenvalue weighted by atomic mass is 9.99. The van der Waals surface area contributed by atoms with Crippen LogP contribution in [0.2, 0.25) is 0 Å². The van der Waals surface area contributed by atoms with Gasteiger partial charge < -0.3 is 9.30 Å². The summed E-state index contributed by atoms with van der Waals surface area (Å²) in [6, 6.07) is 21.3. The molecule has 2 heterocycles. The van der Waals surface area contributed by atoms with Crippen molar-refractivity contribution in [3.05, 3.63) is 71.8 Å². The van der Waals surface area contributed by atoms with Gasteiger partial charge in [-0.05, 0) is 29.8 Å². The Bertz CT molecular complexity index is 1040. The summed E-state index contributed by atoms with van der Waals surface area (Å²) in [7, 11) is 2.13. The smallest absolute Gasteiger partial charge is 0.131 e. The number of aromatic nitrogens is 1. The van der Waals surface area contributed by atoms with Crippen molar-refractivity contribution >= 4 is 21.8 Å². The van der Waals surface area contributed by atoms with Gasteiger partial charge in [0.1, 0.15) is 11.5 Å². The molecular weight excluding hydrogens is 270 g/mol. The van der Waals surface area contributed by atoms with Crippen LogP contribution in [-0.4, -0.2) is 4.57 Å². The van der Waals surface area contributed by atoms with E-state index in [4.69, 9.17) is 4.74 Å². The zero-order valence-electron chi connectivity index (χ0n) is 12.3. The van der Waals surface area contributed by atoms with Crippen molar-refractivity contribution in [1.82, 2.24) is 4.57 Å². The second kappa shape index (κ2) is 4.14. The van der Waals surface area contributed by atoms with Crippen LogP contribution in [0.15, 0.2) is 60.7 Å². The zero-order chi connectivity index (χ0) is 14.7. The molecule has 0 saturated heterocycles. The quantitative estimate of drug-likeness (QED) is 0.389. The fourth-order valence-corrected chi connectivity index (χ4v) is 3.53. The van der Waals surface area contributed by atoms with Crippen LogP contribution >= 0.6 is 0 Å². The van der Waals surface area contributed by atoms with E-state index in [1.54, 1.807) is 0 Å². The predicted octanol–water partition coefficient (Wildman–Crippen LogP) is 5.03. The third kappa shape index (κ3) is 1.49. The van der Waals surface area contributed by atoms with Gasteiger partial charge in [0.25, 0.3) is 0 Å². The molecule has 1 aliphatic heterocycles. The van der Waals surface area contributed by atoms with Gasteiger partial charge in [-0.15, -0.1) is 0 Å². The molecule has 0 N–H and O–H groups in total. The molecule has 0 amide bonds. The molecule has 0 unspecified atom stereocenters. The summed E-state index contributed by atoms with van der Waals surface area (Å²) >= 11 is 0. The first-order valence-corrected chi connectivity index (χ1v) is 7.57. The molecule has 0 atom stereocenters. The molecule has 3 aromatic carbocycles. The van der Waals surface area contributed by atoms with Crippen molar-refractivity contribution in [1.29, 1.82) is 0 Å². The highest BCUT2D eigenvalue weighted by Crippen LogP contribution is 2.40. The minimum Gasteiger partial charge on any atom is -0.457 e. The van der Waals surface area contributed by atoms with Gasteiger partial charge in [-0.3, -0.25) is 0 Å². The molecule has 0 bridgehead atoms. The Balaban J connectivity index is 1.82. The maximum absolute atomic E-state index is 6.13. The van der Waals surface area contributed by atoms with Crippen molar-refractivity contribution in [2.24, 2.45) is 7.05 Å². The number of aryl methyl sites for hydroxylation is 1. The Kier molecular flexibility index (Phi) is 2.23.